The van der Waals surface area contributed by atoms with Crippen molar-refractivity contribution in [3.05, 3.63) is 29.8 Å². The summed E-state index contributed by atoms with van der Waals surface area (Å²) in [6, 6.07) is 6.57. The number of amides is 1. The molecule has 0 spiro atoms. The van der Waals surface area contributed by atoms with Gasteiger partial charge in [0, 0.05) is 12.1 Å². The molecule has 1 amide bonds. The van der Waals surface area contributed by atoms with Gasteiger partial charge in [0.2, 0.25) is 15.9 Å². The maximum absolute atomic E-state index is 12.6. The van der Waals surface area contributed by atoms with Crippen molar-refractivity contribution in [1.29, 1.82) is 0 Å². The Balaban J connectivity index is 2.10. The van der Waals surface area contributed by atoms with Gasteiger partial charge < -0.3 is 10.6 Å². The van der Waals surface area contributed by atoms with E-state index in [1.165, 1.54) is 0 Å². The third-order valence-electron chi connectivity index (χ3n) is 3.78. The van der Waals surface area contributed by atoms with Crippen molar-refractivity contribution in [2.45, 2.75) is 63.1 Å². The fourth-order valence-corrected chi connectivity index (χ4v) is 4.41. The van der Waals surface area contributed by atoms with Crippen LogP contribution in [0.2, 0.25) is 0 Å². The summed E-state index contributed by atoms with van der Waals surface area (Å²) in [5.74, 6) is -0.0781. The van der Waals surface area contributed by atoms with E-state index in [9.17, 15) is 13.2 Å². The van der Waals surface area contributed by atoms with Gasteiger partial charge in [0.05, 0.1) is 10.9 Å². The SMILES string of the molecule is CC(C)(C)NS(=O)(=O)c1ccccc1CNC(=O)C1CCCCN1. The van der Waals surface area contributed by atoms with Crippen LogP contribution >= 0.6 is 0 Å². The number of rotatable bonds is 5. The molecule has 1 saturated heterocycles. The van der Waals surface area contributed by atoms with Crippen molar-refractivity contribution < 1.29 is 13.2 Å². The molecule has 134 valence electrons. The average Bonchev–Trinajstić information content (AvgIpc) is 2.51. The van der Waals surface area contributed by atoms with Crippen LogP contribution in [0.25, 0.3) is 0 Å². The van der Waals surface area contributed by atoms with Crippen molar-refractivity contribution in [3.63, 3.8) is 0 Å². The summed E-state index contributed by atoms with van der Waals surface area (Å²) in [4.78, 5) is 12.4. The molecule has 2 rings (SSSR count). The number of nitrogens with one attached hydrogen (secondary N) is 3. The molecule has 1 heterocycles. The molecule has 0 aromatic heterocycles. The number of hydrogen-bond donors (Lipinski definition) is 3. The number of carbonyl (C=O) groups is 1. The van der Waals surface area contributed by atoms with E-state index >= 15 is 0 Å². The first kappa shape index (κ1) is 18.9. The van der Waals surface area contributed by atoms with Gasteiger partial charge in [-0.15, -0.1) is 0 Å². The summed E-state index contributed by atoms with van der Waals surface area (Å²) in [5, 5.41) is 6.04. The van der Waals surface area contributed by atoms with Gasteiger partial charge in [-0.05, 0) is 51.8 Å². The first-order valence-electron chi connectivity index (χ1n) is 8.32. The molecule has 3 N–H and O–H groups in total. The van der Waals surface area contributed by atoms with E-state index in [2.05, 4.69) is 15.4 Å². The van der Waals surface area contributed by atoms with Gasteiger partial charge in [-0.3, -0.25) is 4.79 Å². The molecule has 1 aromatic carbocycles. The molecular weight excluding hydrogens is 326 g/mol. The highest BCUT2D eigenvalue weighted by atomic mass is 32.2. The lowest BCUT2D eigenvalue weighted by Crippen LogP contribution is -2.46. The molecule has 1 aliphatic heterocycles. The Hall–Kier alpha value is -1.44. The molecule has 1 fully saturated rings. The zero-order valence-electron chi connectivity index (χ0n) is 14.6. The zero-order valence-corrected chi connectivity index (χ0v) is 15.4. The summed E-state index contributed by atoms with van der Waals surface area (Å²) in [6.07, 6.45) is 2.94. The minimum absolute atomic E-state index is 0.0781. The highest BCUT2D eigenvalue weighted by Gasteiger charge is 2.25. The van der Waals surface area contributed by atoms with E-state index in [4.69, 9.17) is 0 Å². The molecule has 1 aliphatic rings. The second-order valence-electron chi connectivity index (χ2n) is 7.18. The molecule has 0 aliphatic carbocycles. The maximum Gasteiger partial charge on any atom is 0.241 e. The van der Waals surface area contributed by atoms with Crippen LogP contribution in [0, 0.1) is 0 Å². The van der Waals surface area contributed by atoms with Crippen LogP contribution in [0.15, 0.2) is 29.2 Å². The lowest BCUT2D eigenvalue weighted by atomic mass is 10.0. The first-order valence-corrected chi connectivity index (χ1v) is 9.80. The van der Waals surface area contributed by atoms with E-state index in [0.717, 1.165) is 25.8 Å². The van der Waals surface area contributed by atoms with Crippen LogP contribution in [-0.2, 0) is 21.4 Å². The minimum Gasteiger partial charge on any atom is -0.351 e. The van der Waals surface area contributed by atoms with E-state index in [0.29, 0.717) is 5.56 Å². The van der Waals surface area contributed by atoms with Crippen LogP contribution in [0.4, 0.5) is 0 Å². The van der Waals surface area contributed by atoms with Gasteiger partial charge >= 0.3 is 0 Å². The lowest BCUT2D eigenvalue weighted by molar-refractivity contribution is -0.123. The molecule has 7 heteroatoms. The summed E-state index contributed by atoms with van der Waals surface area (Å²) in [5.41, 5.74) is 0.0136. The topological polar surface area (TPSA) is 87.3 Å². The average molecular weight is 353 g/mol. The molecular formula is C17H27N3O3S. The lowest BCUT2D eigenvalue weighted by Gasteiger charge is -2.23. The molecule has 0 bridgehead atoms. The van der Waals surface area contributed by atoms with Crippen LogP contribution in [0.5, 0.6) is 0 Å². The van der Waals surface area contributed by atoms with Crippen LogP contribution in [0.1, 0.15) is 45.6 Å². The van der Waals surface area contributed by atoms with E-state index in [-0.39, 0.29) is 23.4 Å². The Kier molecular flexibility index (Phi) is 6.01. The number of carbonyl (C=O) groups excluding carboxylic acids is 1. The second-order valence-corrected chi connectivity index (χ2v) is 8.83. The number of benzene rings is 1. The Morgan fingerprint density at radius 3 is 2.58 bits per heavy atom. The van der Waals surface area contributed by atoms with Gasteiger partial charge in [-0.1, -0.05) is 24.6 Å². The normalized spacial score (nSPS) is 19.0. The Bertz CT molecular complexity index is 675. The van der Waals surface area contributed by atoms with Crippen LogP contribution in [-0.4, -0.2) is 32.5 Å². The number of hydrogen-bond acceptors (Lipinski definition) is 4. The van der Waals surface area contributed by atoms with Crippen LogP contribution in [0.3, 0.4) is 0 Å². The Morgan fingerprint density at radius 1 is 1.25 bits per heavy atom. The zero-order chi connectivity index (χ0) is 17.8. The van der Waals surface area contributed by atoms with E-state index < -0.39 is 15.6 Å². The second kappa shape index (κ2) is 7.63. The van der Waals surface area contributed by atoms with E-state index in [1.807, 2.05) is 0 Å². The highest BCUT2D eigenvalue weighted by Crippen LogP contribution is 2.18. The van der Waals surface area contributed by atoms with E-state index in [1.54, 1.807) is 45.0 Å². The van der Waals surface area contributed by atoms with Gasteiger partial charge in [0.25, 0.3) is 0 Å². The largest absolute Gasteiger partial charge is 0.351 e. The molecule has 1 unspecified atom stereocenters. The summed E-state index contributed by atoms with van der Waals surface area (Å²) >= 11 is 0. The fraction of sp³-hybridized carbons (Fsp3) is 0.588. The van der Waals surface area contributed by atoms with Gasteiger partial charge in [-0.25, -0.2) is 13.1 Å². The summed E-state index contributed by atoms with van der Waals surface area (Å²) < 4.78 is 27.8. The van der Waals surface area contributed by atoms with Gasteiger partial charge in [0.15, 0.2) is 0 Å². The summed E-state index contributed by atoms with van der Waals surface area (Å²) in [6.45, 7) is 6.42. The number of piperidine rings is 1. The van der Waals surface area contributed by atoms with Crippen LogP contribution < -0.4 is 15.4 Å². The highest BCUT2D eigenvalue weighted by molar-refractivity contribution is 7.89. The van der Waals surface area contributed by atoms with Gasteiger partial charge in [0.1, 0.15) is 0 Å². The third kappa shape index (κ3) is 5.29. The Labute approximate surface area is 144 Å². The first-order chi connectivity index (χ1) is 11.2. The van der Waals surface area contributed by atoms with Crippen molar-refractivity contribution >= 4 is 15.9 Å². The third-order valence-corrected chi connectivity index (χ3v) is 5.64. The predicted octanol–water partition coefficient (Wildman–Crippen LogP) is 1.52. The van der Waals surface area contributed by atoms with Crippen molar-refractivity contribution in [2.75, 3.05) is 6.54 Å². The quantitative estimate of drug-likeness (QED) is 0.749. The Morgan fingerprint density at radius 2 is 1.96 bits per heavy atom. The fourth-order valence-electron chi connectivity index (χ4n) is 2.75. The maximum atomic E-state index is 12.6. The molecule has 1 atom stereocenters. The molecule has 0 radical (unpaired) electrons. The van der Waals surface area contributed by atoms with Crippen molar-refractivity contribution in [3.8, 4) is 0 Å². The summed E-state index contributed by atoms with van der Waals surface area (Å²) in [7, 11) is -3.64. The predicted molar refractivity (Wildman–Crippen MR) is 94.0 cm³/mol. The molecule has 6 nitrogen and oxygen atoms in total. The molecule has 0 saturated carbocycles. The smallest absolute Gasteiger partial charge is 0.241 e. The standard InChI is InChI=1S/C17H27N3O3S/c1-17(2,3)20-24(22,23)15-10-5-4-8-13(15)12-19-16(21)14-9-6-7-11-18-14/h4-5,8,10,14,18,20H,6-7,9,11-12H2,1-3H3,(H,19,21). The van der Waals surface area contributed by atoms with Gasteiger partial charge in [-0.2, -0.15) is 0 Å². The van der Waals surface area contributed by atoms with Crippen molar-refractivity contribution in [1.82, 2.24) is 15.4 Å². The monoisotopic (exact) mass is 353 g/mol. The van der Waals surface area contributed by atoms with Crippen molar-refractivity contribution in [2.24, 2.45) is 0 Å². The molecule has 1 aromatic rings. The number of sulfonamides is 1. The molecule has 24 heavy (non-hydrogen) atoms. The minimum atomic E-state index is -3.64.